The van der Waals surface area contributed by atoms with Crippen molar-refractivity contribution in [1.82, 2.24) is 0 Å². The van der Waals surface area contributed by atoms with Crippen molar-refractivity contribution < 1.29 is 21.9 Å². The Bertz CT molecular complexity index is 1240. The molecule has 0 aliphatic rings. The normalized spacial score (nSPS) is 11.9. The predicted molar refractivity (Wildman–Crippen MR) is 111 cm³/mol. The van der Waals surface area contributed by atoms with Crippen LogP contribution in [0.4, 0.5) is 11.4 Å². The summed E-state index contributed by atoms with van der Waals surface area (Å²) in [6.07, 6.45) is 0. The third kappa shape index (κ3) is 4.70. The van der Waals surface area contributed by atoms with Crippen LogP contribution >= 0.6 is 34.5 Å². The zero-order valence-corrected chi connectivity index (χ0v) is 17.7. The highest BCUT2D eigenvalue weighted by Gasteiger charge is 2.21. The van der Waals surface area contributed by atoms with Crippen LogP contribution in [0, 0.1) is 0 Å². The van der Waals surface area contributed by atoms with Crippen LogP contribution in [0.3, 0.4) is 0 Å². The lowest BCUT2D eigenvalue weighted by atomic mass is 10.3. The molecule has 7 nitrogen and oxygen atoms in total. The zero-order valence-electron chi connectivity index (χ0n) is 13.8. The van der Waals surface area contributed by atoms with Crippen LogP contribution in [0.1, 0.15) is 0 Å². The third-order valence-corrected chi connectivity index (χ3v) is 8.12. The molecule has 0 unspecified atom stereocenters. The summed E-state index contributed by atoms with van der Waals surface area (Å²) >= 11 is 12.4. The maximum Gasteiger partial charge on any atom is 0.271 e. The van der Waals surface area contributed by atoms with E-state index < -0.39 is 25.8 Å². The van der Waals surface area contributed by atoms with E-state index in [4.69, 9.17) is 23.2 Å². The number of nitrogens with one attached hydrogen (secondary N) is 2. The van der Waals surface area contributed by atoms with Crippen molar-refractivity contribution in [3.05, 3.63) is 64.0 Å². The van der Waals surface area contributed by atoms with E-state index in [1.54, 1.807) is 12.1 Å². The topological polar surface area (TPSA) is 113 Å². The van der Waals surface area contributed by atoms with Crippen LogP contribution in [-0.4, -0.2) is 21.9 Å². The van der Waals surface area contributed by atoms with Gasteiger partial charge in [0.1, 0.15) is 9.96 Å². The number of rotatable bonds is 6. The van der Waals surface area contributed by atoms with Crippen molar-refractivity contribution in [3.63, 3.8) is 0 Å². The SMILES string of the molecule is O=S(=O)(Nc1cccc(Cl)c1)c1ccc(O)c(NS(=O)(=O)c2ccc(Cl)s2)c1. The smallest absolute Gasteiger partial charge is 0.271 e. The average Bonchev–Trinajstić information content (AvgIpc) is 3.03. The molecule has 0 atom stereocenters. The summed E-state index contributed by atoms with van der Waals surface area (Å²) in [6.45, 7) is 0. The number of halogens is 2. The number of thiophene rings is 1. The van der Waals surface area contributed by atoms with Gasteiger partial charge >= 0.3 is 0 Å². The highest BCUT2D eigenvalue weighted by molar-refractivity contribution is 7.94. The Morgan fingerprint density at radius 1 is 0.857 bits per heavy atom. The van der Waals surface area contributed by atoms with Gasteiger partial charge in [0.15, 0.2) is 0 Å². The molecule has 0 spiro atoms. The number of anilines is 2. The summed E-state index contributed by atoms with van der Waals surface area (Å²) in [6, 6.07) is 12.0. The number of hydrogen-bond acceptors (Lipinski definition) is 6. The first-order valence-electron chi connectivity index (χ1n) is 7.46. The fourth-order valence-corrected chi connectivity index (χ4v) is 5.98. The number of phenols is 1. The van der Waals surface area contributed by atoms with E-state index in [0.29, 0.717) is 5.02 Å². The molecule has 0 fully saturated rings. The largest absolute Gasteiger partial charge is 0.506 e. The van der Waals surface area contributed by atoms with Crippen LogP contribution in [0.2, 0.25) is 9.36 Å². The number of phenolic OH excluding ortho intramolecular Hbond substituents is 1. The molecule has 0 saturated heterocycles. The second kappa shape index (κ2) is 7.80. The first-order chi connectivity index (χ1) is 13.1. The molecule has 0 bridgehead atoms. The summed E-state index contributed by atoms with van der Waals surface area (Å²) < 4.78 is 54.7. The molecule has 0 radical (unpaired) electrons. The Hall–Kier alpha value is -1.98. The molecule has 0 saturated carbocycles. The van der Waals surface area contributed by atoms with Crippen molar-refractivity contribution in [2.75, 3.05) is 9.44 Å². The van der Waals surface area contributed by atoms with Crippen LogP contribution in [0.15, 0.2) is 63.7 Å². The van der Waals surface area contributed by atoms with Gasteiger partial charge in [0, 0.05) is 5.02 Å². The third-order valence-electron chi connectivity index (χ3n) is 3.41. The standard InChI is InChI=1S/C16H12Cl2N2O5S3/c17-10-2-1-3-11(8-10)19-27(22,23)12-4-5-14(21)13(9-12)20-28(24,25)16-7-6-15(18)26-16/h1-9,19-21H. The van der Waals surface area contributed by atoms with Gasteiger partial charge in [-0.3, -0.25) is 9.44 Å². The Labute approximate surface area is 175 Å². The molecule has 12 heteroatoms. The Morgan fingerprint density at radius 2 is 1.61 bits per heavy atom. The van der Waals surface area contributed by atoms with Crippen molar-refractivity contribution in [1.29, 1.82) is 0 Å². The Kier molecular flexibility index (Phi) is 5.78. The number of benzene rings is 2. The van der Waals surface area contributed by atoms with E-state index >= 15 is 0 Å². The molecule has 0 aliphatic carbocycles. The molecule has 2 aromatic carbocycles. The zero-order chi connectivity index (χ0) is 20.5. The maximum absolute atomic E-state index is 12.6. The molecule has 0 amide bonds. The van der Waals surface area contributed by atoms with E-state index in [1.165, 1.54) is 24.3 Å². The van der Waals surface area contributed by atoms with Crippen LogP contribution < -0.4 is 9.44 Å². The van der Waals surface area contributed by atoms with Gasteiger partial charge in [-0.15, -0.1) is 11.3 Å². The predicted octanol–water partition coefficient (Wildman–Crippen LogP) is 4.36. The van der Waals surface area contributed by atoms with Gasteiger partial charge in [0.25, 0.3) is 20.0 Å². The molecule has 0 aliphatic heterocycles. The van der Waals surface area contributed by atoms with Gasteiger partial charge in [-0.05, 0) is 48.5 Å². The van der Waals surface area contributed by atoms with E-state index in [-0.39, 0.29) is 24.8 Å². The van der Waals surface area contributed by atoms with Crippen molar-refractivity contribution in [3.8, 4) is 5.75 Å². The molecule has 3 aromatic rings. The first kappa shape index (κ1) is 20.7. The molecular weight excluding hydrogens is 467 g/mol. The quantitative estimate of drug-likeness (QED) is 0.455. The second-order valence-electron chi connectivity index (χ2n) is 5.46. The van der Waals surface area contributed by atoms with Gasteiger partial charge in [0.05, 0.1) is 20.6 Å². The van der Waals surface area contributed by atoms with Gasteiger partial charge < -0.3 is 5.11 Å². The number of sulfonamides is 2. The minimum absolute atomic E-state index is 0.0813. The highest BCUT2D eigenvalue weighted by atomic mass is 35.5. The molecule has 1 aromatic heterocycles. The average molecular weight is 479 g/mol. The van der Waals surface area contributed by atoms with Gasteiger partial charge in [-0.25, -0.2) is 16.8 Å². The van der Waals surface area contributed by atoms with Crippen LogP contribution in [0.5, 0.6) is 5.75 Å². The molecule has 28 heavy (non-hydrogen) atoms. The van der Waals surface area contributed by atoms with E-state index in [1.807, 2.05) is 0 Å². The van der Waals surface area contributed by atoms with Crippen LogP contribution in [-0.2, 0) is 20.0 Å². The lowest BCUT2D eigenvalue weighted by Crippen LogP contribution is -2.15. The summed E-state index contributed by atoms with van der Waals surface area (Å²) in [5.41, 5.74) is -0.0607. The fraction of sp³-hybridized carbons (Fsp3) is 0. The molecule has 1 heterocycles. The summed E-state index contributed by atoms with van der Waals surface area (Å²) in [5.74, 6) is -0.437. The second-order valence-corrected chi connectivity index (χ2v) is 11.2. The first-order valence-corrected chi connectivity index (χ1v) is 12.0. The van der Waals surface area contributed by atoms with Gasteiger partial charge in [-0.1, -0.05) is 29.3 Å². The minimum atomic E-state index is -4.06. The lowest BCUT2D eigenvalue weighted by molar-refractivity contribution is 0.477. The van der Waals surface area contributed by atoms with Crippen LogP contribution in [0.25, 0.3) is 0 Å². The Balaban J connectivity index is 1.92. The fourth-order valence-electron chi connectivity index (χ4n) is 2.17. The van der Waals surface area contributed by atoms with Crippen molar-refractivity contribution in [2.24, 2.45) is 0 Å². The maximum atomic E-state index is 12.6. The summed E-state index contributed by atoms with van der Waals surface area (Å²) in [4.78, 5) is -0.257. The molecule has 3 rings (SSSR count). The van der Waals surface area contributed by atoms with E-state index in [9.17, 15) is 21.9 Å². The molecular formula is C16H12Cl2N2O5S3. The Morgan fingerprint density at radius 3 is 2.25 bits per heavy atom. The lowest BCUT2D eigenvalue weighted by Gasteiger charge is -2.12. The monoisotopic (exact) mass is 478 g/mol. The van der Waals surface area contributed by atoms with E-state index in [0.717, 1.165) is 29.5 Å². The number of hydrogen-bond donors (Lipinski definition) is 3. The van der Waals surface area contributed by atoms with Gasteiger partial charge in [-0.2, -0.15) is 0 Å². The summed E-state index contributed by atoms with van der Waals surface area (Å²) in [5, 5.41) is 10.3. The molecule has 3 N–H and O–H groups in total. The highest BCUT2D eigenvalue weighted by Crippen LogP contribution is 2.32. The van der Waals surface area contributed by atoms with E-state index in [2.05, 4.69) is 9.44 Å². The van der Waals surface area contributed by atoms with Gasteiger partial charge in [0.2, 0.25) is 0 Å². The number of aromatic hydroxyl groups is 1. The van der Waals surface area contributed by atoms with Crippen molar-refractivity contribution in [2.45, 2.75) is 9.10 Å². The van der Waals surface area contributed by atoms with Crippen molar-refractivity contribution >= 4 is 66.0 Å². The summed E-state index contributed by atoms with van der Waals surface area (Å²) in [7, 11) is -8.11. The minimum Gasteiger partial charge on any atom is -0.506 e. The molecule has 148 valence electrons.